The van der Waals surface area contributed by atoms with Gasteiger partial charge in [-0.25, -0.2) is 8.42 Å². The van der Waals surface area contributed by atoms with Gasteiger partial charge < -0.3 is 5.32 Å². The van der Waals surface area contributed by atoms with E-state index in [0.29, 0.717) is 17.8 Å². The highest BCUT2D eigenvalue weighted by Crippen LogP contribution is 2.22. The number of hydrogen-bond donors (Lipinski definition) is 2. The molecular weight excluding hydrogens is 392 g/mol. The summed E-state index contributed by atoms with van der Waals surface area (Å²) in [7, 11) is -3.60. The molecule has 0 radical (unpaired) electrons. The van der Waals surface area contributed by atoms with Gasteiger partial charge in [-0.1, -0.05) is 50.2 Å². The lowest BCUT2D eigenvalue weighted by atomic mass is 9.84. The Morgan fingerprint density at radius 2 is 1.64 bits per heavy atom. The molecule has 3 rings (SSSR count). The number of carbonyl (C=O) groups excluding carboxylic acids is 1. The second-order valence-electron chi connectivity index (χ2n) is 7.05. The normalized spacial score (nSPS) is 11.8. The molecule has 0 saturated carbocycles. The van der Waals surface area contributed by atoms with E-state index in [1.807, 2.05) is 30.3 Å². The van der Waals surface area contributed by atoms with E-state index in [1.165, 1.54) is 0 Å². The summed E-state index contributed by atoms with van der Waals surface area (Å²) in [6.45, 7) is 4.64. The van der Waals surface area contributed by atoms with Crippen molar-refractivity contribution in [3.8, 4) is 0 Å². The van der Waals surface area contributed by atoms with E-state index in [9.17, 15) is 13.2 Å². The molecule has 7 heteroatoms. The highest BCUT2D eigenvalue weighted by molar-refractivity contribution is 7.94. The predicted molar refractivity (Wildman–Crippen MR) is 113 cm³/mol. The van der Waals surface area contributed by atoms with Crippen molar-refractivity contribution >= 4 is 33.0 Å². The Kier molecular flexibility index (Phi) is 5.86. The largest absolute Gasteiger partial charge is 0.351 e. The van der Waals surface area contributed by atoms with E-state index < -0.39 is 10.0 Å². The van der Waals surface area contributed by atoms with E-state index in [2.05, 4.69) is 23.9 Å². The summed E-state index contributed by atoms with van der Waals surface area (Å²) in [5.41, 5.74) is 1.83. The van der Waals surface area contributed by atoms with Crippen LogP contribution in [0.25, 0.3) is 0 Å². The fourth-order valence-corrected chi connectivity index (χ4v) is 4.76. The molecule has 0 unspecified atom stereocenters. The summed E-state index contributed by atoms with van der Waals surface area (Å²) in [4.78, 5) is 12.5. The Morgan fingerprint density at radius 1 is 0.964 bits per heavy atom. The van der Waals surface area contributed by atoms with Crippen molar-refractivity contribution in [3.05, 3.63) is 83.2 Å². The average molecular weight is 415 g/mol. The van der Waals surface area contributed by atoms with Crippen LogP contribution >= 0.6 is 11.3 Å². The number of anilines is 1. The lowest BCUT2D eigenvalue weighted by Crippen LogP contribution is -2.36. The van der Waals surface area contributed by atoms with Gasteiger partial charge in [0, 0.05) is 23.2 Å². The molecule has 1 heterocycles. The molecule has 0 aliphatic rings. The molecule has 146 valence electrons. The van der Waals surface area contributed by atoms with E-state index in [0.717, 1.165) is 16.9 Å². The zero-order valence-corrected chi connectivity index (χ0v) is 17.3. The van der Waals surface area contributed by atoms with Crippen LogP contribution in [0.2, 0.25) is 0 Å². The van der Waals surface area contributed by atoms with Gasteiger partial charge in [-0.15, -0.1) is 11.3 Å². The van der Waals surface area contributed by atoms with Gasteiger partial charge >= 0.3 is 0 Å². The van der Waals surface area contributed by atoms with E-state index in [-0.39, 0.29) is 15.5 Å². The first-order valence-electron chi connectivity index (χ1n) is 8.78. The van der Waals surface area contributed by atoms with Crippen LogP contribution in [-0.2, 0) is 15.4 Å². The van der Waals surface area contributed by atoms with Crippen molar-refractivity contribution < 1.29 is 13.2 Å². The zero-order valence-electron chi connectivity index (χ0n) is 15.7. The van der Waals surface area contributed by atoms with E-state index in [4.69, 9.17) is 0 Å². The Hall–Kier alpha value is -2.64. The van der Waals surface area contributed by atoms with Gasteiger partial charge in [-0.3, -0.25) is 9.52 Å². The number of amides is 1. The van der Waals surface area contributed by atoms with Crippen molar-refractivity contribution in [1.29, 1.82) is 0 Å². The number of thiophene rings is 1. The lowest BCUT2D eigenvalue weighted by molar-refractivity contribution is 0.0945. The number of rotatable bonds is 7. The van der Waals surface area contributed by atoms with E-state index >= 15 is 0 Å². The Bertz CT molecular complexity index is 1030. The highest BCUT2D eigenvalue weighted by Gasteiger charge is 2.21. The molecule has 3 aromatic rings. The monoisotopic (exact) mass is 414 g/mol. The molecule has 0 spiro atoms. The summed E-state index contributed by atoms with van der Waals surface area (Å²) in [5.74, 6) is -0.198. The lowest BCUT2D eigenvalue weighted by Gasteiger charge is -2.25. The average Bonchev–Trinajstić information content (AvgIpc) is 3.23. The number of sulfonamides is 1. The predicted octanol–water partition coefficient (Wildman–Crippen LogP) is 4.26. The minimum Gasteiger partial charge on any atom is -0.351 e. The SMILES string of the molecule is CC(C)(CNC(=O)c1ccc(NS(=O)(=O)c2cccs2)cc1)c1ccccc1. The molecule has 0 aliphatic carbocycles. The van der Waals surface area contributed by atoms with Gasteiger partial charge in [-0.2, -0.15) is 0 Å². The third-order valence-corrected chi connectivity index (χ3v) is 7.18. The number of carbonyl (C=O) groups is 1. The second kappa shape index (κ2) is 8.16. The van der Waals surface area contributed by atoms with Crippen molar-refractivity contribution in [2.45, 2.75) is 23.5 Å². The Balaban J connectivity index is 1.62. The topological polar surface area (TPSA) is 75.3 Å². The first-order valence-corrected chi connectivity index (χ1v) is 11.1. The zero-order chi connectivity index (χ0) is 20.2. The molecule has 0 saturated heterocycles. The molecule has 1 amide bonds. The number of benzene rings is 2. The minimum atomic E-state index is -3.60. The Morgan fingerprint density at radius 3 is 2.25 bits per heavy atom. The molecule has 28 heavy (non-hydrogen) atoms. The van der Waals surface area contributed by atoms with Gasteiger partial charge in [0.05, 0.1) is 0 Å². The summed E-state index contributed by atoms with van der Waals surface area (Å²) < 4.78 is 27.3. The quantitative estimate of drug-likeness (QED) is 0.607. The van der Waals surface area contributed by atoms with Crippen LogP contribution in [0, 0.1) is 0 Å². The fourth-order valence-electron chi connectivity index (χ4n) is 2.71. The highest BCUT2D eigenvalue weighted by atomic mass is 32.2. The van der Waals surface area contributed by atoms with Crippen molar-refractivity contribution in [1.82, 2.24) is 5.32 Å². The summed E-state index contributed by atoms with van der Waals surface area (Å²) in [5, 5.41) is 4.66. The van der Waals surface area contributed by atoms with Gasteiger partial charge in [-0.05, 0) is 41.3 Å². The molecule has 0 atom stereocenters. The maximum Gasteiger partial charge on any atom is 0.271 e. The third kappa shape index (κ3) is 4.79. The number of nitrogens with one attached hydrogen (secondary N) is 2. The van der Waals surface area contributed by atoms with Gasteiger partial charge in [0.15, 0.2) is 0 Å². The van der Waals surface area contributed by atoms with Gasteiger partial charge in [0.1, 0.15) is 4.21 Å². The van der Waals surface area contributed by atoms with Gasteiger partial charge in [0.2, 0.25) is 0 Å². The van der Waals surface area contributed by atoms with Crippen LogP contribution in [-0.4, -0.2) is 20.9 Å². The summed E-state index contributed by atoms with van der Waals surface area (Å²) in [6, 6.07) is 19.6. The molecular formula is C21H22N2O3S2. The van der Waals surface area contributed by atoms with Gasteiger partial charge in [0.25, 0.3) is 15.9 Å². The van der Waals surface area contributed by atoms with Crippen molar-refractivity contribution in [3.63, 3.8) is 0 Å². The van der Waals surface area contributed by atoms with Crippen LogP contribution in [0.15, 0.2) is 76.3 Å². The molecule has 0 aliphatic heterocycles. The van der Waals surface area contributed by atoms with Crippen molar-refractivity contribution in [2.75, 3.05) is 11.3 Å². The first kappa shape index (κ1) is 20.1. The fraction of sp³-hybridized carbons (Fsp3) is 0.190. The Labute approximate surface area is 169 Å². The third-order valence-electron chi connectivity index (χ3n) is 4.41. The van der Waals surface area contributed by atoms with Crippen LogP contribution in [0.5, 0.6) is 0 Å². The molecule has 1 aromatic heterocycles. The van der Waals surface area contributed by atoms with Crippen LogP contribution in [0.3, 0.4) is 0 Å². The van der Waals surface area contributed by atoms with Crippen LogP contribution < -0.4 is 10.0 Å². The standard InChI is InChI=1S/C21H22N2O3S2/c1-21(2,17-7-4-3-5-8-17)15-22-20(24)16-10-12-18(13-11-16)23-28(25,26)19-9-6-14-27-19/h3-14,23H,15H2,1-2H3,(H,22,24). The molecule has 0 fully saturated rings. The first-order chi connectivity index (χ1) is 13.3. The molecule has 5 nitrogen and oxygen atoms in total. The maximum atomic E-state index is 12.5. The van der Waals surface area contributed by atoms with E-state index in [1.54, 1.807) is 41.8 Å². The van der Waals surface area contributed by atoms with Crippen molar-refractivity contribution in [2.24, 2.45) is 0 Å². The molecule has 0 bridgehead atoms. The molecule has 2 N–H and O–H groups in total. The minimum absolute atomic E-state index is 0.198. The summed E-state index contributed by atoms with van der Waals surface area (Å²) >= 11 is 1.15. The maximum absolute atomic E-state index is 12.5. The molecule has 2 aromatic carbocycles. The van der Waals surface area contributed by atoms with Crippen LogP contribution in [0.1, 0.15) is 29.8 Å². The summed E-state index contributed by atoms with van der Waals surface area (Å²) in [6.07, 6.45) is 0. The second-order valence-corrected chi connectivity index (χ2v) is 9.90. The number of hydrogen-bond acceptors (Lipinski definition) is 4. The smallest absolute Gasteiger partial charge is 0.271 e. The van der Waals surface area contributed by atoms with Crippen LogP contribution in [0.4, 0.5) is 5.69 Å².